The Labute approximate surface area is 153 Å². The zero-order valence-electron chi connectivity index (χ0n) is 15.0. The summed E-state index contributed by atoms with van der Waals surface area (Å²) in [6.45, 7) is 3.17. The van der Waals surface area contributed by atoms with Crippen molar-refractivity contribution in [2.24, 2.45) is 5.92 Å². The lowest BCUT2D eigenvalue weighted by molar-refractivity contribution is -0.159. The molecule has 0 aromatic heterocycles. The van der Waals surface area contributed by atoms with Crippen molar-refractivity contribution in [1.29, 1.82) is 0 Å². The summed E-state index contributed by atoms with van der Waals surface area (Å²) < 4.78 is 6.12. The van der Waals surface area contributed by atoms with Gasteiger partial charge in [0.15, 0.2) is 5.72 Å². The molecule has 7 heteroatoms. The maximum Gasteiger partial charge on any atom is 0.414 e. The monoisotopic (exact) mass is 365 g/mol. The molecule has 0 amide bonds. The number of carboxylic acids is 2. The Morgan fingerprint density at radius 1 is 1.19 bits per heavy atom. The van der Waals surface area contributed by atoms with Crippen molar-refractivity contribution in [2.45, 2.75) is 57.6 Å². The number of fused-ring (bicyclic) bond motifs is 1. The van der Waals surface area contributed by atoms with Gasteiger partial charge in [0, 0.05) is 19.0 Å². The minimum atomic E-state index is -1.82. The van der Waals surface area contributed by atoms with Crippen LogP contribution in [0.2, 0.25) is 0 Å². The Bertz CT molecular complexity index is 629. The molecule has 3 rings (SSSR count). The molecule has 0 radical (unpaired) electrons. The average Bonchev–Trinajstić information content (AvgIpc) is 2.61. The third kappa shape index (κ3) is 5.91. The number of benzene rings is 1. The fourth-order valence-electron chi connectivity index (χ4n) is 3.39. The molecule has 1 unspecified atom stereocenters. The molecule has 0 bridgehead atoms. The lowest BCUT2D eigenvalue weighted by Gasteiger charge is -2.38. The van der Waals surface area contributed by atoms with Gasteiger partial charge < -0.3 is 20.1 Å². The van der Waals surface area contributed by atoms with Crippen molar-refractivity contribution in [3.8, 4) is 11.5 Å². The van der Waals surface area contributed by atoms with Crippen molar-refractivity contribution in [3.63, 3.8) is 0 Å². The summed E-state index contributed by atoms with van der Waals surface area (Å²) in [5, 5.41) is 28.0. The zero-order chi connectivity index (χ0) is 19.2. The highest BCUT2D eigenvalue weighted by atomic mass is 16.5. The first-order valence-corrected chi connectivity index (χ1v) is 9.01. The van der Waals surface area contributed by atoms with Gasteiger partial charge in [-0.1, -0.05) is 25.3 Å². The van der Waals surface area contributed by atoms with Gasteiger partial charge in [0.1, 0.15) is 11.5 Å². The summed E-state index contributed by atoms with van der Waals surface area (Å²) in [7, 11) is 0. The Balaban J connectivity index is 0.000000352. The van der Waals surface area contributed by atoms with Crippen molar-refractivity contribution < 1.29 is 29.6 Å². The second kappa shape index (κ2) is 8.89. The van der Waals surface area contributed by atoms with E-state index in [9.17, 15) is 5.11 Å². The maximum atomic E-state index is 9.59. The van der Waals surface area contributed by atoms with Gasteiger partial charge in [-0.25, -0.2) is 9.59 Å². The highest BCUT2D eigenvalue weighted by molar-refractivity contribution is 6.27. The summed E-state index contributed by atoms with van der Waals surface area (Å²) in [5.74, 6) is -1.74. The predicted molar refractivity (Wildman–Crippen MR) is 95.3 cm³/mol. The lowest BCUT2D eigenvalue weighted by Crippen LogP contribution is -2.51. The van der Waals surface area contributed by atoms with Crippen LogP contribution in [0, 0.1) is 5.92 Å². The van der Waals surface area contributed by atoms with E-state index in [0.717, 1.165) is 31.1 Å². The van der Waals surface area contributed by atoms with E-state index in [2.05, 4.69) is 12.2 Å². The molecule has 26 heavy (non-hydrogen) atoms. The van der Waals surface area contributed by atoms with Gasteiger partial charge in [0.2, 0.25) is 0 Å². The highest BCUT2D eigenvalue weighted by Crippen LogP contribution is 2.34. The van der Waals surface area contributed by atoms with Crippen molar-refractivity contribution >= 4 is 11.9 Å². The van der Waals surface area contributed by atoms with Crippen LogP contribution in [0.1, 0.15) is 51.0 Å². The first-order valence-electron chi connectivity index (χ1n) is 9.01. The van der Waals surface area contributed by atoms with E-state index in [0.29, 0.717) is 0 Å². The van der Waals surface area contributed by atoms with Crippen LogP contribution in [0.3, 0.4) is 0 Å². The van der Waals surface area contributed by atoms with E-state index >= 15 is 0 Å². The van der Waals surface area contributed by atoms with E-state index in [1.54, 1.807) is 12.1 Å². The van der Waals surface area contributed by atoms with Crippen LogP contribution < -0.4 is 10.1 Å². The van der Waals surface area contributed by atoms with Crippen LogP contribution in [0.4, 0.5) is 0 Å². The van der Waals surface area contributed by atoms with Crippen LogP contribution in [-0.4, -0.2) is 39.5 Å². The number of aromatic hydroxyl groups is 1. The number of carboxylic acid groups (broad SMARTS) is 2. The smallest absolute Gasteiger partial charge is 0.414 e. The first-order chi connectivity index (χ1) is 12.3. The Morgan fingerprint density at radius 3 is 2.46 bits per heavy atom. The number of nitrogens with one attached hydrogen (secondary N) is 1. The van der Waals surface area contributed by atoms with Crippen LogP contribution >= 0.6 is 0 Å². The standard InChI is InChI=1S/C17H25NO2.C2H2O4/c1-17(18-12-13-5-3-2-4-6-13)10-9-14-7-8-15(19)11-16(14)20-17;3-1(4)2(5)6/h7-8,11,13,18-19H,2-6,9-10,12H2,1H3;(H,3,4)(H,5,6). The van der Waals surface area contributed by atoms with Gasteiger partial charge in [-0.2, -0.15) is 0 Å². The third-order valence-corrected chi connectivity index (χ3v) is 4.93. The topological polar surface area (TPSA) is 116 Å². The minimum Gasteiger partial charge on any atom is -0.508 e. The van der Waals surface area contributed by atoms with E-state index < -0.39 is 11.9 Å². The number of ether oxygens (including phenoxy) is 1. The summed E-state index contributed by atoms with van der Waals surface area (Å²) in [5.41, 5.74) is 0.901. The minimum absolute atomic E-state index is 0.278. The number of hydrogen-bond acceptors (Lipinski definition) is 5. The third-order valence-electron chi connectivity index (χ3n) is 4.93. The Hall–Kier alpha value is -2.28. The van der Waals surface area contributed by atoms with E-state index in [1.807, 2.05) is 6.07 Å². The van der Waals surface area contributed by atoms with Crippen LogP contribution in [0.15, 0.2) is 18.2 Å². The molecule has 1 atom stereocenters. The normalized spacial score (nSPS) is 22.3. The van der Waals surface area contributed by atoms with Gasteiger partial charge in [0.05, 0.1) is 0 Å². The number of phenolic OH excluding ortho intramolecular Hbond substituents is 1. The molecular formula is C19H27NO6. The number of carbonyl (C=O) groups is 2. The fraction of sp³-hybridized carbons (Fsp3) is 0.579. The molecule has 1 aliphatic heterocycles. The molecule has 4 N–H and O–H groups in total. The van der Waals surface area contributed by atoms with E-state index in [-0.39, 0.29) is 11.5 Å². The summed E-state index contributed by atoms with van der Waals surface area (Å²) in [4.78, 5) is 18.2. The van der Waals surface area contributed by atoms with Gasteiger partial charge in [0.25, 0.3) is 0 Å². The summed E-state index contributed by atoms with van der Waals surface area (Å²) in [6, 6.07) is 5.43. The fourth-order valence-corrected chi connectivity index (χ4v) is 3.39. The molecule has 0 saturated heterocycles. The number of rotatable bonds is 3. The van der Waals surface area contributed by atoms with Crippen molar-refractivity contribution in [2.75, 3.05) is 6.54 Å². The number of phenols is 1. The molecular weight excluding hydrogens is 338 g/mol. The maximum absolute atomic E-state index is 9.59. The molecule has 0 spiro atoms. The molecule has 2 aliphatic rings. The summed E-state index contributed by atoms with van der Waals surface area (Å²) >= 11 is 0. The molecule has 1 fully saturated rings. The highest BCUT2D eigenvalue weighted by Gasteiger charge is 2.32. The quantitative estimate of drug-likeness (QED) is 0.609. The Kier molecular flexibility index (Phi) is 6.85. The van der Waals surface area contributed by atoms with Crippen molar-refractivity contribution in [3.05, 3.63) is 23.8 Å². The zero-order valence-corrected chi connectivity index (χ0v) is 15.0. The van der Waals surface area contributed by atoms with E-state index in [1.165, 1.54) is 37.7 Å². The van der Waals surface area contributed by atoms with Gasteiger partial charge in [-0.05, 0) is 43.7 Å². The molecule has 1 aromatic carbocycles. The number of aryl methyl sites for hydroxylation is 1. The lowest BCUT2D eigenvalue weighted by atomic mass is 9.88. The first kappa shape index (κ1) is 20.0. The van der Waals surface area contributed by atoms with Gasteiger partial charge in [-0.3, -0.25) is 5.32 Å². The Morgan fingerprint density at radius 2 is 1.85 bits per heavy atom. The number of hydrogen-bond donors (Lipinski definition) is 4. The number of aliphatic carboxylic acids is 2. The average molecular weight is 365 g/mol. The molecule has 144 valence electrons. The van der Waals surface area contributed by atoms with Crippen molar-refractivity contribution in [1.82, 2.24) is 5.32 Å². The predicted octanol–water partition coefficient (Wildman–Crippen LogP) is 2.76. The second-order valence-corrected chi connectivity index (χ2v) is 7.12. The van der Waals surface area contributed by atoms with Crippen LogP contribution in [-0.2, 0) is 16.0 Å². The van der Waals surface area contributed by atoms with Gasteiger partial charge in [-0.15, -0.1) is 0 Å². The van der Waals surface area contributed by atoms with Gasteiger partial charge >= 0.3 is 11.9 Å². The molecule has 1 saturated carbocycles. The van der Waals surface area contributed by atoms with E-state index in [4.69, 9.17) is 24.5 Å². The summed E-state index contributed by atoms with van der Waals surface area (Å²) in [6.07, 6.45) is 8.83. The molecule has 1 heterocycles. The molecule has 1 aliphatic carbocycles. The van der Waals surface area contributed by atoms with Crippen LogP contribution in [0.5, 0.6) is 11.5 Å². The SMILES string of the molecule is CC1(NCC2CCCCC2)CCc2ccc(O)cc2O1.O=C(O)C(=O)O. The molecule has 7 nitrogen and oxygen atoms in total. The molecule has 1 aromatic rings. The largest absolute Gasteiger partial charge is 0.508 e. The van der Waals surface area contributed by atoms with Crippen LogP contribution in [0.25, 0.3) is 0 Å². The second-order valence-electron chi connectivity index (χ2n) is 7.12.